The monoisotopic (exact) mass is 327 g/mol. The largest absolute Gasteiger partial charge is 0.435 e. The molecule has 0 radical (unpaired) electrons. The first kappa shape index (κ1) is 15.7. The zero-order valence-corrected chi connectivity index (χ0v) is 12.9. The van der Waals surface area contributed by atoms with Crippen molar-refractivity contribution in [1.82, 2.24) is 4.90 Å². The van der Waals surface area contributed by atoms with Crippen molar-refractivity contribution in [3.63, 3.8) is 0 Å². The molecule has 2 rings (SSSR count). The Morgan fingerprint density at radius 2 is 2.15 bits per heavy atom. The molecule has 0 aromatic heterocycles. The minimum atomic E-state index is -5.17. The zero-order valence-electron chi connectivity index (χ0n) is 12.3. The molecule has 1 N–H and O–H groups in total. The molecule has 0 bridgehead atoms. The first-order chi connectivity index (χ1) is 9.43. The Morgan fingerprint density at radius 1 is 1.60 bits per heavy atom. The van der Waals surface area contributed by atoms with Crippen LogP contribution in [0.3, 0.4) is 0 Å². The fraction of sp³-hybridized carbons (Fsp3) is 0.500. The maximum atomic E-state index is 10.2. The van der Waals surface area contributed by atoms with Crippen molar-refractivity contribution in [3.8, 4) is 0 Å². The van der Waals surface area contributed by atoms with E-state index < -0.39 is 10.5 Å². The lowest BCUT2D eigenvalue weighted by Crippen LogP contribution is -2.38. The summed E-state index contributed by atoms with van der Waals surface area (Å²) in [6.45, 7) is 4.92. The molecule has 8 heteroatoms. The van der Waals surface area contributed by atoms with Crippen molar-refractivity contribution in [2.45, 2.75) is 25.6 Å². The number of hydrogen-bond acceptors (Lipinski definition) is 4. The predicted octanol–water partition coefficient (Wildman–Crippen LogP) is 2.84. The van der Waals surface area contributed by atoms with Gasteiger partial charge in [0.1, 0.15) is 6.23 Å². The normalized spacial score (nSPS) is 22.9. The van der Waals surface area contributed by atoms with Gasteiger partial charge in [0.2, 0.25) is 0 Å². The summed E-state index contributed by atoms with van der Waals surface area (Å²) >= 11 is 5.95. The Morgan fingerprint density at radius 3 is 2.60 bits per heavy atom. The highest BCUT2D eigenvalue weighted by Crippen LogP contribution is 2.35. The van der Waals surface area contributed by atoms with E-state index in [4.69, 9.17) is 30.7 Å². The smallest absolute Gasteiger partial charge is 0.357 e. The highest BCUT2D eigenvalue weighted by atomic mass is 35.5. The first-order valence-corrected chi connectivity index (χ1v) is 7.42. The maximum absolute atomic E-state index is 10.2. The van der Waals surface area contributed by atoms with E-state index in [9.17, 15) is 3.89 Å². The van der Waals surface area contributed by atoms with Crippen molar-refractivity contribution in [1.29, 1.82) is 0 Å². The minimum Gasteiger partial charge on any atom is -0.357 e. The van der Waals surface area contributed by atoms with E-state index in [1.54, 1.807) is 6.07 Å². The predicted molar refractivity (Wildman–Crippen MR) is 74.6 cm³/mol. The molecule has 0 amide bonds. The van der Waals surface area contributed by atoms with E-state index in [0.717, 1.165) is 5.56 Å². The van der Waals surface area contributed by atoms with Gasteiger partial charge in [-0.05, 0) is 38.6 Å². The van der Waals surface area contributed by atoms with E-state index in [1.165, 1.54) is 0 Å². The van der Waals surface area contributed by atoms with Crippen LogP contribution in [0.4, 0.5) is 3.89 Å². The highest BCUT2D eigenvalue weighted by molar-refractivity contribution is 7.80. The van der Waals surface area contributed by atoms with Crippen molar-refractivity contribution in [3.05, 3.63) is 34.8 Å². The lowest BCUT2D eigenvalue weighted by Gasteiger charge is -2.29. The quantitative estimate of drug-likeness (QED) is 0.634. The lowest BCUT2D eigenvalue weighted by atomic mass is 10.1. The number of hydrogen-bond donors (Lipinski definition) is 1. The molecular weight excluding hydrogens is 309 g/mol. The van der Waals surface area contributed by atoms with Crippen LogP contribution in [0.25, 0.3) is 0 Å². The molecule has 1 aromatic carbocycles. The van der Waals surface area contributed by atoms with Gasteiger partial charge in [-0.15, -0.1) is 0 Å². The summed E-state index contributed by atoms with van der Waals surface area (Å²) in [6, 6.07) is 5.85. The lowest BCUT2D eigenvalue weighted by molar-refractivity contribution is 0.0399. The van der Waals surface area contributed by atoms with E-state index in [0.29, 0.717) is 17.7 Å². The molecule has 20 heavy (non-hydrogen) atoms. The molecule has 5 nitrogen and oxygen atoms in total. The fourth-order valence-electron chi connectivity index (χ4n) is 1.71. The number of ether oxygens (including phenoxy) is 1. The van der Waals surface area contributed by atoms with Gasteiger partial charge >= 0.3 is 10.5 Å². The van der Waals surface area contributed by atoms with Crippen LogP contribution in [0.15, 0.2) is 24.2 Å². The molecule has 1 aromatic rings. The number of benzene rings is 1. The third-order valence-corrected chi connectivity index (χ3v) is 3.17. The zero-order chi connectivity index (χ0) is 16.4. The first-order valence-electron chi connectivity index (χ1n) is 6.20. The van der Waals surface area contributed by atoms with Crippen molar-refractivity contribution in [2.24, 2.45) is 0 Å². The average Bonchev–Trinajstić information content (AvgIpc) is 2.57. The summed E-state index contributed by atoms with van der Waals surface area (Å²) in [4.78, 5) is 2.14. The molecule has 0 aliphatic carbocycles. The average molecular weight is 328 g/mol. The fourth-order valence-corrected chi connectivity index (χ4v) is 1.90. The maximum Gasteiger partial charge on any atom is 0.435 e. The second-order valence-electron chi connectivity index (χ2n) is 4.95. The van der Waals surface area contributed by atoms with E-state index >= 15 is 0 Å². The van der Waals surface area contributed by atoms with Crippen molar-refractivity contribution < 1.29 is 23.0 Å². The van der Waals surface area contributed by atoms with Crippen LogP contribution in [-0.2, 0) is 15.2 Å². The van der Waals surface area contributed by atoms with E-state index in [1.807, 2.05) is 19.2 Å². The van der Waals surface area contributed by atoms with Crippen LogP contribution in [0, 0.1) is 0 Å². The van der Waals surface area contributed by atoms with Crippen LogP contribution >= 0.6 is 11.6 Å². The van der Waals surface area contributed by atoms with Gasteiger partial charge in [0, 0.05) is 10.6 Å². The van der Waals surface area contributed by atoms with Gasteiger partial charge in [0.15, 0.2) is 0 Å². The second kappa shape index (κ2) is 6.36. The van der Waals surface area contributed by atoms with Crippen LogP contribution in [0.1, 0.15) is 27.0 Å². The number of halogens is 2. The van der Waals surface area contributed by atoms with E-state index in [2.05, 4.69) is 18.7 Å². The molecule has 114 valence electrons. The Kier molecular flexibility index (Phi) is 4.98. The SMILES string of the molecule is O=S(=O)(O)F.[3H]c1c(Cl)cccc1C1OCC(C)(C)N1C. The Labute approximate surface area is 124 Å². The summed E-state index contributed by atoms with van der Waals surface area (Å²) < 4.78 is 47.8. The number of rotatable bonds is 1. The molecule has 1 fully saturated rings. The van der Waals surface area contributed by atoms with Crippen LogP contribution in [0.2, 0.25) is 5.02 Å². The summed E-state index contributed by atoms with van der Waals surface area (Å²) in [6.07, 6.45) is -0.166. The Balaban J connectivity index is 0.000000383. The summed E-state index contributed by atoms with van der Waals surface area (Å²) in [5, 5.41) is 0.471. The molecule has 1 heterocycles. The molecule has 1 unspecified atom stereocenters. The standard InChI is InChI=1S/C12H16ClNO.FHO3S/c1-12(2)8-15-11(14(12)3)9-5-4-6-10(13)7-9;1-5(2,3)4/h4-7,11H,8H2,1-3H3;(H,2,3,4)/i7T;. The third kappa shape index (κ3) is 5.34. The molecule has 0 saturated carbocycles. The van der Waals surface area contributed by atoms with Gasteiger partial charge in [0.05, 0.1) is 7.98 Å². The Hall–Kier alpha value is -0.730. The van der Waals surface area contributed by atoms with E-state index in [-0.39, 0.29) is 11.8 Å². The summed E-state index contributed by atoms with van der Waals surface area (Å²) in [5.74, 6) is 0. The van der Waals surface area contributed by atoms with Gasteiger partial charge in [-0.2, -0.15) is 8.42 Å². The molecular formula is C12H17ClFNO4S. The van der Waals surface area contributed by atoms with Crippen LogP contribution < -0.4 is 0 Å². The van der Waals surface area contributed by atoms with Gasteiger partial charge in [-0.1, -0.05) is 27.6 Å². The summed E-state index contributed by atoms with van der Waals surface area (Å²) in [7, 11) is -3.15. The van der Waals surface area contributed by atoms with Crippen LogP contribution in [-0.4, -0.2) is 37.1 Å². The van der Waals surface area contributed by atoms with Crippen molar-refractivity contribution >= 4 is 22.1 Å². The van der Waals surface area contributed by atoms with Gasteiger partial charge in [-0.25, -0.2) is 0 Å². The topological polar surface area (TPSA) is 66.8 Å². The number of likely N-dealkylation sites (N-methyl/N-ethyl adjacent to an activating group) is 1. The van der Waals surface area contributed by atoms with Gasteiger partial charge in [-0.3, -0.25) is 9.45 Å². The second-order valence-corrected chi connectivity index (χ2v) is 6.18. The number of nitrogens with zero attached hydrogens (tertiary/aromatic N) is 1. The summed E-state index contributed by atoms with van der Waals surface area (Å²) in [5.41, 5.74) is 0.833. The van der Waals surface area contributed by atoms with Gasteiger partial charge in [0.25, 0.3) is 0 Å². The van der Waals surface area contributed by atoms with Crippen molar-refractivity contribution in [2.75, 3.05) is 13.7 Å². The van der Waals surface area contributed by atoms with Gasteiger partial charge < -0.3 is 4.74 Å². The molecule has 1 atom stereocenters. The highest BCUT2D eigenvalue weighted by Gasteiger charge is 2.38. The Bertz CT molecular complexity index is 603. The molecule has 0 spiro atoms. The molecule has 1 saturated heterocycles. The molecule has 1 aliphatic heterocycles. The van der Waals surface area contributed by atoms with Crippen LogP contribution in [0.5, 0.6) is 0 Å². The third-order valence-electron chi connectivity index (χ3n) is 2.95. The molecule has 1 aliphatic rings. The minimum absolute atomic E-state index is 0.000571.